The number of benzene rings is 2. The average Bonchev–Trinajstić information content (AvgIpc) is 3.28. The molecule has 9 nitrogen and oxygen atoms in total. The summed E-state index contributed by atoms with van der Waals surface area (Å²) in [6.07, 6.45) is 1.50. The van der Waals surface area contributed by atoms with Gasteiger partial charge in [-0.2, -0.15) is 5.10 Å². The maximum atomic E-state index is 12.4. The highest BCUT2D eigenvalue weighted by atomic mass is 32.2. The molecule has 2 aromatic carbocycles. The zero-order valence-electron chi connectivity index (χ0n) is 16.5. The van der Waals surface area contributed by atoms with Crippen molar-refractivity contribution >= 4 is 38.1 Å². The van der Waals surface area contributed by atoms with E-state index in [0.717, 1.165) is 10.2 Å². The summed E-state index contributed by atoms with van der Waals surface area (Å²) in [5, 5.41) is 8.81. The highest BCUT2D eigenvalue weighted by molar-refractivity contribution is 7.93. The van der Waals surface area contributed by atoms with Gasteiger partial charge in [0.05, 0.1) is 10.6 Å². The number of rotatable bonds is 7. The predicted octanol–water partition coefficient (Wildman–Crippen LogP) is 2.81. The molecule has 2 N–H and O–H groups in total. The maximum absolute atomic E-state index is 12.4. The number of nitrogens with zero attached hydrogens (tertiary/aromatic N) is 3. The Hall–Kier alpha value is -3.83. The van der Waals surface area contributed by atoms with Gasteiger partial charge in [-0.05, 0) is 30.3 Å². The zero-order valence-corrected chi connectivity index (χ0v) is 18.1. The minimum Gasteiger partial charge on any atom is -0.324 e. The third kappa shape index (κ3) is 5.07. The molecule has 0 bridgehead atoms. The van der Waals surface area contributed by atoms with E-state index >= 15 is 0 Å². The highest BCUT2D eigenvalue weighted by Gasteiger charge is 2.16. The standard InChI is InChI=1S/C21H17N5O4S2/c27-19(14-26-20(28)11-10-18(24-26)15-4-2-1-3-5-15)23-16-6-8-17(9-7-16)32(29,30)25-21-22-12-13-31-21/h1-13H,14H2,(H,22,25)(H,23,27). The van der Waals surface area contributed by atoms with Gasteiger partial charge in [0.1, 0.15) is 6.54 Å². The second-order valence-corrected chi connectivity index (χ2v) is 9.17. The molecule has 2 aromatic heterocycles. The first-order valence-electron chi connectivity index (χ1n) is 9.36. The lowest BCUT2D eigenvalue weighted by Gasteiger charge is -2.09. The molecule has 4 rings (SSSR count). The van der Waals surface area contributed by atoms with Crippen LogP contribution in [0.1, 0.15) is 0 Å². The Labute approximate surface area is 187 Å². The summed E-state index contributed by atoms with van der Waals surface area (Å²) in [6, 6.07) is 17.9. The van der Waals surface area contributed by atoms with Crippen molar-refractivity contribution in [3.8, 4) is 11.3 Å². The number of hydrogen-bond donors (Lipinski definition) is 2. The lowest BCUT2D eigenvalue weighted by molar-refractivity contribution is -0.117. The number of hydrogen-bond acceptors (Lipinski definition) is 7. The first kappa shape index (κ1) is 21.4. The van der Waals surface area contributed by atoms with E-state index in [4.69, 9.17) is 0 Å². The number of thiazole rings is 1. The van der Waals surface area contributed by atoms with E-state index < -0.39 is 21.5 Å². The van der Waals surface area contributed by atoms with Crippen LogP contribution in [0.15, 0.2) is 88.0 Å². The van der Waals surface area contributed by atoms with Crippen LogP contribution in [0.4, 0.5) is 10.8 Å². The van der Waals surface area contributed by atoms with E-state index in [9.17, 15) is 18.0 Å². The lowest BCUT2D eigenvalue weighted by atomic mass is 10.1. The summed E-state index contributed by atoms with van der Waals surface area (Å²) in [4.78, 5) is 28.5. The molecule has 0 aliphatic heterocycles. The van der Waals surface area contributed by atoms with Crippen LogP contribution in [0.25, 0.3) is 11.3 Å². The Bertz CT molecular complexity index is 1380. The van der Waals surface area contributed by atoms with Crippen LogP contribution in [0.3, 0.4) is 0 Å². The smallest absolute Gasteiger partial charge is 0.267 e. The number of carbonyl (C=O) groups is 1. The van der Waals surface area contributed by atoms with Crippen LogP contribution in [-0.4, -0.2) is 29.1 Å². The fraction of sp³-hybridized carbons (Fsp3) is 0.0476. The topological polar surface area (TPSA) is 123 Å². The van der Waals surface area contributed by atoms with Gasteiger partial charge in [0.15, 0.2) is 5.13 Å². The Kier molecular flexibility index (Phi) is 6.10. The molecule has 0 fully saturated rings. The molecule has 162 valence electrons. The molecule has 0 aliphatic rings. The van der Waals surface area contributed by atoms with Gasteiger partial charge in [-0.3, -0.25) is 14.3 Å². The molecule has 0 saturated carbocycles. The molecule has 0 atom stereocenters. The van der Waals surface area contributed by atoms with E-state index in [-0.39, 0.29) is 16.6 Å². The van der Waals surface area contributed by atoms with Crippen LogP contribution in [0, 0.1) is 0 Å². The molecule has 2 heterocycles. The first-order valence-corrected chi connectivity index (χ1v) is 11.7. The minimum atomic E-state index is -3.78. The Morgan fingerprint density at radius 2 is 1.75 bits per heavy atom. The zero-order chi connectivity index (χ0) is 22.6. The Balaban J connectivity index is 1.44. The van der Waals surface area contributed by atoms with Crippen molar-refractivity contribution in [2.75, 3.05) is 10.0 Å². The van der Waals surface area contributed by atoms with Crippen LogP contribution in [0.2, 0.25) is 0 Å². The van der Waals surface area contributed by atoms with Gasteiger partial charge in [0.2, 0.25) is 5.91 Å². The van der Waals surface area contributed by atoms with Crippen molar-refractivity contribution < 1.29 is 13.2 Å². The van der Waals surface area contributed by atoms with Gasteiger partial charge in [-0.1, -0.05) is 30.3 Å². The monoisotopic (exact) mass is 467 g/mol. The van der Waals surface area contributed by atoms with Crippen molar-refractivity contribution in [1.29, 1.82) is 0 Å². The van der Waals surface area contributed by atoms with Crippen molar-refractivity contribution in [2.45, 2.75) is 11.4 Å². The Morgan fingerprint density at radius 3 is 2.44 bits per heavy atom. The molecular formula is C21H17N5O4S2. The molecule has 1 amide bonds. The molecule has 0 spiro atoms. The van der Waals surface area contributed by atoms with Gasteiger partial charge >= 0.3 is 0 Å². The third-order valence-electron chi connectivity index (χ3n) is 4.33. The SMILES string of the molecule is O=C(Cn1nc(-c2ccccc2)ccc1=O)Nc1ccc(S(=O)(=O)Nc2nccs2)cc1. The predicted molar refractivity (Wildman–Crippen MR) is 122 cm³/mol. The molecule has 0 unspecified atom stereocenters. The van der Waals surface area contributed by atoms with Crippen molar-refractivity contribution in [1.82, 2.24) is 14.8 Å². The molecule has 0 saturated heterocycles. The third-order valence-corrected chi connectivity index (χ3v) is 6.50. The molecule has 11 heteroatoms. The molecular weight excluding hydrogens is 450 g/mol. The van der Waals surface area contributed by atoms with Gasteiger partial charge in [0.25, 0.3) is 15.6 Å². The normalized spacial score (nSPS) is 11.1. The molecule has 0 radical (unpaired) electrons. The summed E-state index contributed by atoms with van der Waals surface area (Å²) < 4.78 is 28.2. The molecule has 0 aliphatic carbocycles. The summed E-state index contributed by atoms with van der Waals surface area (Å²) >= 11 is 1.17. The average molecular weight is 468 g/mol. The summed E-state index contributed by atoms with van der Waals surface area (Å²) in [5.41, 5.74) is 1.37. The minimum absolute atomic E-state index is 0.0270. The summed E-state index contributed by atoms with van der Waals surface area (Å²) in [5.74, 6) is -0.471. The van der Waals surface area contributed by atoms with E-state index in [1.165, 1.54) is 47.9 Å². The second kappa shape index (κ2) is 9.12. The van der Waals surface area contributed by atoms with Crippen LogP contribution < -0.4 is 15.6 Å². The number of amides is 1. The number of sulfonamides is 1. The molecule has 32 heavy (non-hydrogen) atoms. The lowest BCUT2D eigenvalue weighted by Crippen LogP contribution is -2.29. The molecule has 4 aromatic rings. The van der Waals surface area contributed by atoms with Crippen molar-refractivity contribution in [3.63, 3.8) is 0 Å². The van der Waals surface area contributed by atoms with E-state index in [2.05, 4.69) is 20.1 Å². The van der Waals surface area contributed by atoms with Gasteiger partial charge in [0, 0.05) is 28.9 Å². The van der Waals surface area contributed by atoms with Crippen molar-refractivity contribution in [3.05, 3.63) is 88.7 Å². The van der Waals surface area contributed by atoms with Crippen LogP contribution in [0.5, 0.6) is 0 Å². The van der Waals surface area contributed by atoms with Crippen molar-refractivity contribution in [2.24, 2.45) is 0 Å². The fourth-order valence-electron chi connectivity index (χ4n) is 2.83. The largest absolute Gasteiger partial charge is 0.324 e. The first-order chi connectivity index (χ1) is 15.4. The van der Waals surface area contributed by atoms with E-state index in [1.807, 2.05) is 30.3 Å². The highest BCUT2D eigenvalue weighted by Crippen LogP contribution is 2.19. The number of aromatic nitrogens is 3. The van der Waals surface area contributed by atoms with Crippen LogP contribution in [-0.2, 0) is 21.4 Å². The maximum Gasteiger partial charge on any atom is 0.267 e. The van der Waals surface area contributed by atoms with Gasteiger partial charge in [-0.25, -0.2) is 18.1 Å². The van der Waals surface area contributed by atoms with Gasteiger partial charge in [-0.15, -0.1) is 11.3 Å². The summed E-state index contributed by atoms with van der Waals surface area (Å²) in [6.45, 7) is -0.287. The number of nitrogens with one attached hydrogen (secondary N) is 2. The fourth-order valence-corrected chi connectivity index (χ4v) is 4.62. The van der Waals surface area contributed by atoms with Crippen LogP contribution >= 0.6 is 11.3 Å². The van der Waals surface area contributed by atoms with E-state index in [1.54, 1.807) is 11.4 Å². The van der Waals surface area contributed by atoms with E-state index in [0.29, 0.717) is 11.4 Å². The summed E-state index contributed by atoms with van der Waals surface area (Å²) in [7, 11) is -3.78. The number of carbonyl (C=O) groups excluding carboxylic acids is 1. The Morgan fingerprint density at radius 1 is 1.00 bits per heavy atom. The quantitative estimate of drug-likeness (QED) is 0.431. The second-order valence-electron chi connectivity index (χ2n) is 6.60. The number of anilines is 2. The van der Waals surface area contributed by atoms with Gasteiger partial charge < -0.3 is 5.32 Å².